The van der Waals surface area contributed by atoms with E-state index in [4.69, 9.17) is 5.11 Å². The van der Waals surface area contributed by atoms with Crippen LogP contribution in [0.2, 0.25) is 0 Å². The Hall–Kier alpha value is -1.20. The smallest absolute Gasteiger partial charge is 0.321 e. The van der Waals surface area contributed by atoms with Crippen LogP contribution in [0.3, 0.4) is 0 Å². The van der Waals surface area contributed by atoms with Crippen LogP contribution in [0.1, 0.15) is 24.1 Å². The Morgan fingerprint density at radius 2 is 2.00 bits per heavy atom. The van der Waals surface area contributed by atoms with Gasteiger partial charge >= 0.3 is 5.97 Å². The largest absolute Gasteiger partial charge is 0.480 e. The fraction of sp³-hybridized carbons (Fsp3) is 0.462. The lowest BCUT2D eigenvalue weighted by Crippen LogP contribution is -2.52. The van der Waals surface area contributed by atoms with Crippen molar-refractivity contribution in [3.63, 3.8) is 0 Å². The highest BCUT2D eigenvalue weighted by Gasteiger charge is 2.36. The molecule has 4 unspecified atom stereocenters. The molecule has 0 bridgehead atoms. The minimum Gasteiger partial charge on any atom is -0.480 e. The highest BCUT2D eigenvalue weighted by molar-refractivity contribution is 7.85. The molecule has 98 valence electrons. The molecule has 1 saturated heterocycles. The fourth-order valence-corrected chi connectivity index (χ4v) is 3.56. The van der Waals surface area contributed by atoms with E-state index in [1.54, 1.807) is 0 Å². The van der Waals surface area contributed by atoms with E-state index in [0.29, 0.717) is 0 Å². The van der Waals surface area contributed by atoms with Gasteiger partial charge in [-0.1, -0.05) is 29.8 Å². The van der Waals surface area contributed by atoms with Crippen molar-refractivity contribution in [2.45, 2.75) is 31.2 Å². The zero-order chi connectivity index (χ0) is 13.3. The van der Waals surface area contributed by atoms with E-state index >= 15 is 0 Å². The molecule has 2 rings (SSSR count). The van der Waals surface area contributed by atoms with Gasteiger partial charge in [-0.2, -0.15) is 0 Å². The molecule has 1 aromatic rings. The highest BCUT2D eigenvalue weighted by atomic mass is 32.2. The maximum atomic E-state index is 12.0. The van der Waals surface area contributed by atoms with E-state index in [2.05, 4.69) is 5.32 Å². The van der Waals surface area contributed by atoms with Gasteiger partial charge in [0.1, 0.15) is 6.04 Å². The molecule has 2 N–H and O–H groups in total. The predicted octanol–water partition coefficient (Wildman–Crippen LogP) is 1.23. The molecule has 0 aliphatic carbocycles. The summed E-state index contributed by atoms with van der Waals surface area (Å²) in [5.41, 5.74) is 2.14. The number of carboxylic acids is 1. The second kappa shape index (κ2) is 5.20. The summed E-state index contributed by atoms with van der Waals surface area (Å²) < 4.78 is 12.0. The van der Waals surface area contributed by atoms with E-state index in [9.17, 15) is 9.00 Å². The molecule has 1 fully saturated rings. The van der Waals surface area contributed by atoms with Gasteiger partial charge in [0.15, 0.2) is 0 Å². The lowest BCUT2D eigenvalue weighted by Gasteiger charge is -2.33. The number of nitrogens with one attached hydrogen (secondary N) is 1. The summed E-state index contributed by atoms with van der Waals surface area (Å²) in [4.78, 5) is 11.0. The normalized spacial score (nSPS) is 32.1. The molecule has 0 amide bonds. The van der Waals surface area contributed by atoms with Gasteiger partial charge in [-0.25, -0.2) is 0 Å². The number of benzene rings is 1. The zero-order valence-corrected chi connectivity index (χ0v) is 11.2. The third-order valence-electron chi connectivity index (χ3n) is 3.33. The van der Waals surface area contributed by atoms with E-state index in [1.165, 1.54) is 0 Å². The van der Waals surface area contributed by atoms with Gasteiger partial charge in [-0.05, 0) is 19.4 Å². The Morgan fingerprint density at radius 3 is 2.56 bits per heavy atom. The van der Waals surface area contributed by atoms with Crippen molar-refractivity contribution in [1.82, 2.24) is 5.32 Å². The summed E-state index contributed by atoms with van der Waals surface area (Å²) in [7, 11) is -1.11. The molecule has 0 spiro atoms. The minimum absolute atomic E-state index is 0.0803. The quantitative estimate of drug-likeness (QED) is 0.846. The van der Waals surface area contributed by atoms with Crippen LogP contribution in [-0.4, -0.2) is 32.3 Å². The molecule has 1 aromatic carbocycles. The van der Waals surface area contributed by atoms with Crippen LogP contribution in [-0.2, 0) is 15.6 Å². The van der Waals surface area contributed by atoms with Gasteiger partial charge in [-0.3, -0.25) is 14.3 Å². The van der Waals surface area contributed by atoms with Crippen molar-refractivity contribution in [1.29, 1.82) is 0 Å². The Kier molecular flexibility index (Phi) is 3.82. The molecule has 4 nitrogen and oxygen atoms in total. The summed E-state index contributed by atoms with van der Waals surface area (Å²) in [5.74, 6) is -0.758. The average Bonchev–Trinajstić information content (AvgIpc) is 2.33. The summed E-state index contributed by atoms with van der Waals surface area (Å²) in [5, 5.41) is 12.1. The molecule has 0 saturated carbocycles. The van der Waals surface area contributed by atoms with Crippen LogP contribution in [0, 0.1) is 6.92 Å². The highest BCUT2D eigenvalue weighted by Crippen LogP contribution is 2.26. The fourth-order valence-electron chi connectivity index (χ4n) is 2.15. The number of carboxylic acid groups (broad SMARTS) is 1. The Morgan fingerprint density at radius 1 is 1.39 bits per heavy atom. The Balaban J connectivity index is 2.26. The topological polar surface area (TPSA) is 66.4 Å². The number of hydrogen-bond donors (Lipinski definition) is 2. The number of aliphatic carboxylic acids is 1. The van der Waals surface area contributed by atoms with E-state index < -0.39 is 22.8 Å². The first-order chi connectivity index (χ1) is 8.49. The predicted molar refractivity (Wildman–Crippen MR) is 71.0 cm³/mol. The standard InChI is InChI=1S/C13H17NO3S/c1-8-3-5-10(6-4-8)12-9(2)18(17)7-11(14-12)13(15)16/h3-6,9,11-12,14H,7H2,1-2H3,(H,15,16). The first kappa shape index (κ1) is 13.2. The molecule has 1 aliphatic rings. The molecule has 1 heterocycles. The van der Waals surface area contributed by atoms with Crippen molar-refractivity contribution in [3.05, 3.63) is 35.4 Å². The molecule has 4 atom stereocenters. The van der Waals surface area contributed by atoms with E-state index in [-0.39, 0.29) is 17.0 Å². The molecule has 5 heteroatoms. The SMILES string of the molecule is Cc1ccc(C2NC(C(=O)O)CS(=O)C2C)cc1. The first-order valence-corrected chi connectivity index (χ1v) is 7.30. The summed E-state index contributed by atoms with van der Waals surface area (Å²) >= 11 is 0. The number of aryl methyl sites for hydroxylation is 1. The molecular formula is C13H17NO3S. The molecule has 18 heavy (non-hydrogen) atoms. The van der Waals surface area contributed by atoms with Crippen molar-refractivity contribution >= 4 is 16.8 Å². The zero-order valence-electron chi connectivity index (χ0n) is 10.4. The first-order valence-electron chi connectivity index (χ1n) is 5.91. The Labute approximate surface area is 109 Å². The minimum atomic E-state index is -1.11. The lowest BCUT2D eigenvalue weighted by molar-refractivity contribution is -0.139. The van der Waals surface area contributed by atoms with Gasteiger partial charge in [0.05, 0.1) is 5.25 Å². The van der Waals surface area contributed by atoms with Gasteiger partial charge in [0.2, 0.25) is 0 Å². The van der Waals surface area contributed by atoms with Gasteiger partial charge in [0.25, 0.3) is 0 Å². The van der Waals surface area contributed by atoms with Crippen molar-refractivity contribution in [2.75, 3.05) is 5.75 Å². The second-order valence-electron chi connectivity index (χ2n) is 4.70. The lowest BCUT2D eigenvalue weighted by atomic mass is 10.0. The maximum absolute atomic E-state index is 12.0. The molecular weight excluding hydrogens is 250 g/mol. The summed E-state index contributed by atoms with van der Waals surface area (Å²) in [6.07, 6.45) is 0. The van der Waals surface area contributed by atoms with Crippen LogP contribution < -0.4 is 5.32 Å². The van der Waals surface area contributed by atoms with Crippen LogP contribution in [0.25, 0.3) is 0 Å². The van der Waals surface area contributed by atoms with E-state index in [1.807, 2.05) is 38.1 Å². The molecule has 0 radical (unpaired) electrons. The van der Waals surface area contributed by atoms with Crippen LogP contribution in [0.5, 0.6) is 0 Å². The average molecular weight is 267 g/mol. The monoisotopic (exact) mass is 267 g/mol. The third-order valence-corrected chi connectivity index (χ3v) is 5.09. The number of carbonyl (C=O) groups is 1. The van der Waals surface area contributed by atoms with E-state index in [0.717, 1.165) is 11.1 Å². The van der Waals surface area contributed by atoms with Crippen molar-refractivity contribution in [2.24, 2.45) is 0 Å². The van der Waals surface area contributed by atoms with Crippen molar-refractivity contribution < 1.29 is 14.1 Å². The molecule has 1 aliphatic heterocycles. The Bertz CT molecular complexity index is 472. The maximum Gasteiger partial charge on any atom is 0.321 e. The van der Waals surface area contributed by atoms with Crippen LogP contribution in [0.15, 0.2) is 24.3 Å². The van der Waals surface area contributed by atoms with Crippen LogP contribution >= 0.6 is 0 Å². The second-order valence-corrected chi connectivity index (χ2v) is 6.54. The number of rotatable bonds is 2. The van der Waals surface area contributed by atoms with Crippen molar-refractivity contribution in [3.8, 4) is 0 Å². The number of hydrogen-bond acceptors (Lipinski definition) is 3. The van der Waals surface area contributed by atoms with Gasteiger partial charge < -0.3 is 5.11 Å². The van der Waals surface area contributed by atoms with Crippen LogP contribution in [0.4, 0.5) is 0 Å². The van der Waals surface area contributed by atoms with Gasteiger partial charge in [0, 0.05) is 22.6 Å². The third kappa shape index (κ3) is 2.62. The summed E-state index contributed by atoms with van der Waals surface area (Å²) in [6, 6.07) is 7.00. The molecule has 0 aromatic heterocycles. The summed E-state index contributed by atoms with van der Waals surface area (Å²) in [6.45, 7) is 3.89. The van der Waals surface area contributed by atoms with Gasteiger partial charge in [-0.15, -0.1) is 0 Å².